The topological polar surface area (TPSA) is 41.1 Å². The van der Waals surface area contributed by atoms with Crippen LogP contribution in [-0.2, 0) is 11.2 Å². The van der Waals surface area contributed by atoms with E-state index in [0.29, 0.717) is 5.92 Å². The lowest BCUT2D eigenvalue weighted by Gasteiger charge is -2.16. The summed E-state index contributed by atoms with van der Waals surface area (Å²) in [7, 11) is 0. The third kappa shape index (κ3) is 2.72. The van der Waals surface area contributed by atoms with Crippen LogP contribution in [0.2, 0.25) is 0 Å². The molecule has 0 aliphatic carbocycles. The smallest absolute Gasteiger partial charge is 0.241 e. The molecule has 1 heterocycles. The van der Waals surface area contributed by atoms with Gasteiger partial charge in [0.05, 0.1) is 6.04 Å². The molecule has 3 heteroatoms. The van der Waals surface area contributed by atoms with Gasteiger partial charge in [0.15, 0.2) is 0 Å². The van der Waals surface area contributed by atoms with Crippen LogP contribution in [0.5, 0.6) is 0 Å². The summed E-state index contributed by atoms with van der Waals surface area (Å²) in [4.78, 5) is 12.1. The Labute approximate surface area is 109 Å². The predicted octanol–water partition coefficient (Wildman–Crippen LogP) is 2.49. The van der Waals surface area contributed by atoms with Gasteiger partial charge in [0.2, 0.25) is 5.91 Å². The Morgan fingerprint density at radius 2 is 2.28 bits per heavy atom. The van der Waals surface area contributed by atoms with Crippen molar-refractivity contribution in [2.75, 3.05) is 11.9 Å². The first-order chi connectivity index (χ1) is 8.61. The molecule has 2 rings (SSSR count). The van der Waals surface area contributed by atoms with Crippen LogP contribution >= 0.6 is 0 Å². The van der Waals surface area contributed by atoms with E-state index in [1.165, 1.54) is 11.1 Å². The van der Waals surface area contributed by atoms with Crippen LogP contribution < -0.4 is 10.6 Å². The first-order valence-corrected chi connectivity index (χ1v) is 6.75. The summed E-state index contributed by atoms with van der Waals surface area (Å²) < 4.78 is 0. The molecule has 2 atom stereocenters. The molecule has 2 unspecified atom stereocenters. The Hall–Kier alpha value is -1.35. The molecule has 2 N–H and O–H groups in total. The van der Waals surface area contributed by atoms with Crippen molar-refractivity contribution >= 4 is 11.6 Å². The average Bonchev–Trinajstić information content (AvgIpc) is 2.78. The fraction of sp³-hybridized carbons (Fsp3) is 0.533. The van der Waals surface area contributed by atoms with Crippen molar-refractivity contribution in [3.63, 3.8) is 0 Å². The van der Waals surface area contributed by atoms with E-state index >= 15 is 0 Å². The molecule has 0 saturated carbocycles. The monoisotopic (exact) mass is 246 g/mol. The van der Waals surface area contributed by atoms with E-state index < -0.39 is 0 Å². The highest BCUT2D eigenvalue weighted by Crippen LogP contribution is 2.19. The van der Waals surface area contributed by atoms with E-state index in [-0.39, 0.29) is 11.9 Å². The number of hydrogen-bond acceptors (Lipinski definition) is 2. The zero-order valence-electron chi connectivity index (χ0n) is 11.4. The van der Waals surface area contributed by atoms with Gasteiger partial charge in [-0.05, 0) is 55.5 Å². The lowest BCUT2D eigenvalue weighted by Crippen LogP contribution is -2.39. The van der Waals surface area contributed by atoms with Crippen LogP contribution in [0.4, 0.5) is 5.69 Å². The van der Waals surface area contributed by atoms with Gasteiger partial charge in [-0.15, -0.1) is 0 Å². The minimum Gasteiger partial charge on any atom is -0.325 e. The molecule has 1 fully saturated rings. The summed E-state index contributed by atoms with van der Waals surface area (Å²) in [6, 6.07) is 6.08. The van der Waals surface area contributed by atoms with Gasteiger partial charge in [0.1, 0.15) is 0 Å². The van der Waals surface area contributed by atoms with Crippen molar-refractivity contribution in [3.8, 4) is 0 Å². The molecule has 1 aliphatic rings. The molecule has 0 spiro atoms. The Balaban J connectivity index is 2.07. The third-order valence-corrected chi connectivity index (χ3v) is 3.81. The number of rotatable bonds is 3. The first-order valence-electron chi connectivity index (χ1n) is 6.75. The maximum absolute atomic E-state index is 12.1. The summed E-state index contributed by atoms with van der Waals surface area (Å²) in [5.74, 6) is 0.506. The predicted molar refractivity (Wildman–Crippen MR) is 74.8 cm³/mol. The van der Waals surface area contributed by atoms with Crippen molar-refractivity contribution in [2.45, 2.75) is 39.7 Å². The normalized spacial score (nSPS) is 23.1. The Bertz CT molecular complexity index is 442. The van der Waals surface area contributed by atoms with Gasteiger partial charge in [-0.25, -0.2) is 0 Å². The zero-order valence-corrected chi connectivity index (χ0v) is 11.4. The van der Waals surface area contributed by atoms with E-state index in [4.69, 9.17) is 0 Å². The molecule has 1 aliphatic heterocycles. The van der Waals surface area contributed by atoms with Gasteiger partial charge < -0.3 is 10.6 Å². The molecule has 98 valence electrons. The van der Waals surface area contributed by atoms with Crippen molar-refractivity contribution in [3.05, 3.63) is 29.3 Å². The summed E-state index contributed by atoms with van der Waals surface area (Å²) >= 11 is 0. The second-order valence-electron chi connectivity index (χ2n) is 5.18. The number of anilines is 1. The van der Waals surface area contributed by atoms with Crippen LogP contribution in [0.3, 0.4) is 0 Å². The van der Waals surface area contributed by atoms with Gasteiger partial charge in [-0.3, -0.25) is 4.79 Å². The molecule has 0 aromatic heterocycles. The molecule has 18 heavy (non-hydrogen) atoms. The van der Waals surface area contributed by atoms with Crippen LogP contribution in [0.1, 0.15) is 31.4 Å². The molecular formula is C15H22N2O. The maximum Gasteiger partial charge on any atom is 0.241 e. The van der Waals surface area contributed by atoms with Gasteiger partial charge in [-0.2, -0.15) is 0 Å². The summed E-state index contributed by atoms with van der Waals surface area (Å²) in [6.45, 7) is 7.30. The first kappa shape index (κ1) is 13.1. The fourth-order valence-corrected chi connectivity index (χ4v) is 2.54. The summed E-state index contributed by atoms with van der Waals surface area (Å²) in [5.41, 5.74) is 3.48. The molecule has 1 aromatic carbocycles. The summed E-state index contributed by atoms with van der Waals surface area (Å²) in [5, 5.41) is 6.27. The van der Waals surface area contributed by atoms with Crippen molar-refractivity contribution in [2.24, 2.45) is 5.92 Å². The molecule has 1 aromatic rings. The molecule has 0 radical (unpaired) electrons. The fourth-order valence-electron chi connectivity index (χ4n) is 2.54. The number of nitrogens with one attached hydrogen (secondary N) is 2. The minimum absolute atomic E-state index is 0.0450. The number of hydrogen-bond donors (Lipinski definition) is 2. The number of aryl methyl sites for hydroxylation is 2. The van der Waals surface area contributed by atoms with E-state index in [1.54, 1.807) is 0 Å². The van der Waals surface area contributed by atoms with Crippen molar-refractivity contribution in [1.82, 2.24) is 5.32 Å². The highest BCUT2D eigenvalue weighted by atomic mass is 16.2. The number of amides is 1. The van der Waals surface area contributed by atoms with E-state index in [0.717, 1.165) is 25.1 Å². The van der Waals surface area contributed by atoms with Crippen LogP contribution in [-0.4, -0.2) is 18.5 Å². The summed E-state index contributed by atoms with van der Waals surface area (Å²) in [6.07, 6.45) is 2.07. The zero-order chi connectivity index (χ0) is 13.1. The number of benzene rings is 1. The molecular weight excluding hydrogens is 224 g/mol. The number of carbonyl (C=O) groups excluding carboxylic acids is 1. The Morgan fingerprint density at radius 1 is 1.50 bits per heavy atom. The minimum atomic E-state index is -0.0450. The second-order valence-corrected chi connectivity index (χ2v) is 5.18. The molecule has 1 saturated heterocycles. The largest absolute Gasteiger partial charge is 0.325 e. The van der Waals surface area contributed by atoms with E-state index in [9.17, 15) is 4.79 Å². The van der Waals surface area contributed by atoms with Gasteiger partial charge in [-0.1, -0.05) is 19.9 Å². The van der Waals surface area contributed by atoms with Crippen molar-refractivity contribution < 1.29 is 4.79 Å². The molecule has 0 bridgehead atoms. The third-order valence-electron chi connectivity index (χ3n) is 3.81. The molecule has 1 amide bonds. The Morgan fingerprint density at radius 3 is 2.89 bits per heavy atom. The van der Waals surface area contributed by atoms with E-state index in [1.807, 2.05) is 6.07 Å². The van der Waals surface area contributed by atoms with Gasteiger partial charge in [0, 0.05) is 5.69 Å². The van der Waals surface area contributed by atoms with Gasteiger partial charge >= 0.3 is 0 Å². The standard InChI is InChI=1S/C15H22N2O/c1-4-12-9-13(6-5-10(12)2)17-15(18)14-11(3)7-8-16-14/h5-6,9,11,14,16H,4,7-8H2,1-3H3,(H,17,18). The van der Waals surface area contributed by atoms with Crippen LogP contribution in [0.15, 0.2) is 18.2 Å². The number of carbonyl (C=O) groups is 1. The van der Waals surface area contributed by atoms with Crippen molar-refractivity contribution in [1.29, 1.82) is 0 Å². The van der Waals surface area contributed by atoms with Crippen LogP contribution in [0, 0.1) is 12.8 Å². The second kappa shape index (κ2) is 5.53. The highest BCUT2D eigenvalue weighted by molar-refractivity contribution is 5.95. The Kier molecular flexibility index (Phi) is 4.02. The maximum atomic E-state index is 12.1. The average molecular weight is 246 g/mol. The molecule has 3 nitrogen and oxygen atoms in total. The lowest BCUT2D eigenvalue weighted by molar-refractivity contribution is -0.118. The van der Waals surface area contributed by atoms with Crippen LogP contribution in [0.25, 0.3) is 0 Å². The highest BCUT2D eigenvalue weighted by Gasteiger charge is 2.29. The lowest BCUT2D eigenvalue weighted by atomic mass is 10.0. The quantitative estimate of drug-likeness (QED) is 0.860. The SMILES string of the molecule is CCc1cc(NC(=O)C2NCCC2C)ccc1C. The van der Waals surface area contributed by atoms with E-state index in [2.05, 4.69) is 43.5 Å². The van der Waals surface area contributed by atoms with Gasteiger partial charge in [0.25, 0.3) is 0 Å².